The van der Waals surface area contributed by atoms with Crippen LogP contribution in [-0.2, 0) is 12.8 Å². The van der Waals surface area contributed by atoms with Gasteiger partial charge < -0.3 is 0 Å². The topological polar surface area (TPSA) is 17.8 Å². The summed E-state index contributed by atoms with van der Waals surface area (Å²) < 4.78 is 3.05. The van der Waals surface area contributed by atoms with E-state index < -0.39 is 0 Å². The number of aromatic nitrogens is 2. The minimum atomic E-state index is 0.612. The summed E-state index contributed by atoms with van der Waals surface area (Å²) in [5.41, 5.74) is 5.69. The van der Waals surface area contributed by atoms with Crippen LogP contribution in [0.5, 0.6) is 0 Å². The van der Waals surface area contributed by atoms with Gasteiger partial charge in [0.05, 0.1) is 22.1 Å². The lowest BCUT2D eigenvalue weighted by Crippen LogP contribution is -2.01. The van der Waals surface area contributed by atoms with E-state index in [-0.39, 0.29) is 0 Å². The van der Waals surface area contributed by atoms with Gasteiger partial charge in [-0.1, -0.05) is 51.3 Å². The number of benzene rings is 2. The largest absolute Gasteiger partial charge is 0.231 e. The lowest BCUT2D eigenvalue weighted by Gasteiger charge is -2.13. The fourth-order valence-electron chi connectivity index (χ4n) is 3.29. The van der Waals surface area contributed by atoms with E-state index in [1.807, 2.05) is 16.8 Å². The standard InChI is InChI=1S/C19H15BrCl2N2/c20-13-7-5-12(6-8-13)19-15-3-1-2-4-17(15)23-24(19)18-10-9-14(21)11-16(18)22/h5-11H,1-4H2. The Bertz CT molecular complexity index is 900. The molecule has 0 atom stereocenters. The molecule has 1 aromatic heterocycles. The number of fused-ring (bicyclic) bond motifs is 1. The van der Waals surface area contributed by atoms with Crippen LogP contribution in [0, 0.1) is 0 Å². The smallest absolute Gasteiger partial charge is 0.0840 e. The first-order valence-corrected chi connectivity index (χ1v) is 9.50. The Morgan fingerprint density at radius 3 is 2.46 bits per heavy atom. The van der Waals surface area contributed by atoms with Gasteiger partial charge in [-0.05, 0) is 56.0 Å². The van der Waals surface area contributed by atoms with Gasteiger partial charge >= 0.3 is 0 Å². The van der Waals surface area contributed by atoms with Crippen molar-refractivity contribution < 1.29 is 0 Å². The first-order valence-electron chi connectivity index (χ1n) is 7.95. The van der Waals surface area contributed by atoms with Crippen molar-refractivity contribution in [2.75, 3.05) is 0 Å². The maximum absolute atomic E-state index is 6.46. The van der Waals surface area contributed by atoms with Crippen molar-refractivity contribution in [3.05, 3.63) is 68.2 Å². The first kappa shape index (κ1) is 16.2. The van der Waals surface area contributed by atoms with Crippen LogP contribution in [0.2, 0.25) is 10.0 Å². The van der Waals surface area contributed by atoms with E-state index in [2.05, 4.69) is 40.2 Å². The number of hydrogen-bond donors (Lipinski definition) is 0. The predicted molar refractivity (Wildman–Crippen MR) is 103 cm³/mol. The number of hydrogen-bond acceptors (Lipinski definition) is 1. The second-order valence-corrected chi connectivity index (χ2v) is 7.75. The van der Waals surface area contributed by atoms with Crippen LogP contribution in [0.4, 0.5) is 0 Å². The molecule has 0 saturated carbocycles. The van der Waals surface area contributed by atoms with Gasteiger partial charge in [-0.3, -0.25) is 0 Å². The van der Waals surface area contributed by atoms with Crippen LogP contribution in [0.3, 0.4) is 0 Å². The number of rotatable bonds is 2. The molecule has 1 aliphatic rings. The van der Waals surface area contributed by atoms with Gasteiger partial charge in [0, 0.05) is 20.6 Å². The van der Waals surface area contributed by atoms with Crippen molar-refractivity contribution in [1.82, 2.24) is 9.78 Å². The molecule has 122 valence electrons. The minimum absolute atomic E-state index is 0.612. The lowest BCUT2D eigenvalue weighted by atomic mass is 9.93. The van der Waals surface area contributed by atoms with Crippen LogP contribution in [0.1, 0.15) is 24.1 Å². The van der Waals surface area contributed by atoms with Gasteiger partial charge in [-0.25, -0.2) is 4.68 Å². The van der Waals surface area contributed by atoms with Crippen molar-refractivity contribution in [2.45, 2.75) is 25.7 Å². The zero-order valence-corrected chi connectivity index (χ0v) is 16.0. The molecule has 0 aliphatic heterocycles. The molecule has 5 heteroatoms. The van der Waals surface area contributed by atoms with E-state index in [1.54, 1.807) is 6.07 Å². The van der Waals surface area contributed by atoms with E-state index in [0.29, 0.717) is 10.0 Å². The summed E-state index contributed by atoms with van der Waals surface area (Å²) >= 11 is 16.0. The van der Waals surface area contributed by atoms with Crippen molar-refractivity contribution in [2.24, 2.45) is 0 Å². The molecular formula is C19H15BrCl2N2. The summed E-state index contributed by atoms with van der Waals surface area (Å²) in [4.78, 5) is 0. The number of nitrogens with zero attached hydrogens (tertiary/aromatic N) is 2. The second kappa shape index (κ2) is 6.55. The molecule has 0 radical (unpaired) electrons. The summed E-state index contributed by atoms with van der Waals surface area (Å²) in [5, 5.41) is 6.13. The van der Waals surface area contributed by atoms with Gasteiger partial charge in [0.15, 0.2) is 0 Å². The summed E-state index contributed by atoms with van der Waals surface area (Å²) in [6.45, 7) is 0. The van der Waals surface area contributed by atoms with E-state index in [1.165, 1.54) is 24.1 Å². The molecule has 2 aromatic carbocycles. The molecule has 0 saturated heterocycles. The summed E-state index contributed by atoms with van der Waals surface area (Å²) in [5.74, 6) is 0. The third-order valence-corrected chi connectivity index (χ3v) is 5.48. The average molecular weight is 422 g/mol. The number of halogens is 3. The quantitative estimate of drug-likeness (QED) is 0.462. The Balaban J connectivity index is 1.96. The Morgan fingerprint density at radius 2 is 1.71 bits per heavy atom. The van der Waals surface area contributed by atoms with Gasteiger partial charge in [0.2, 0.25) is 0 Å². The highest BCUT2D eigenvalue weighted by molar-refractivity contribution is 9.10. The highest BCUT2D eigenvalue weighted by Crippen LogP contribution is 2.36. The maximum Gasteiger partial charge on any atom is 0.0840 e. The van der Waals surface area contributed by atoms with Crippen LogP contribution < -0.4 is 0 Å². The third-order valence-electron chi connectivity index (χ3n) is 4.41. The molecule has 4 rings (SSSR count). The lowest BCUT2D eigenvalue weighted by molar-refractivity contribution is 0.671. The summed E-state index contributed by atoms with van der Waals surface area (Å²) in [6, 6.07) is 13.9. The molecule has 1 aliphatic carbocycles. The second-order valence-electron chi connectivity index (χ2n) is 6.00. The number of aryl methyl sites for hydroxylation is 1. The minimum Gasteiger partial charge on any atom is -0.231 e. The zero-order chi connectivity index (χ0) is 16.7. The predicted octanol–water partition coefficient (Wildman–Crippen LogP) is 6.49. The average Bonchev–Trinajstić information content (AvgIpc) is 2.95. The molecule has 3 aromatic rings. The van der Waals surface area contributed by atoms with E-state index >= 15 is 0 Å². The van der Waals surface area contributed by atoms with Gasteiger partial charge in [0.25, 0.3) is 0 Å². The van der Waals surface area contributed by atoms with Crippen molar-refractivity contribution in [3.63, 3.8) is 0 Å². The molecule has 0 amide bonds. The van der Waals surface area contributed by atoms with Crippen molar-refractivity contribution >= 4 is 39.1 Å². The van der Waals surface area contributed by atoms with Gasteiger partial charge in [0.1, 0.15) is 0 Å². The van der Waals surface area contributed by atoms with E-state index in [4.69, 9.17) is 28.3 Å². The Kier molecular flexibility index (Phi) is 4.42. The molecule has 0 bridgehead atoms. The van der Waals surface area contributed by atoms with Crippen LogP contribution in [-0.4, -0.2) is 9.78 Å². The SMILES string of the molecule is Clc1ccc(-n2nc3c(c2-c2ccc(Br)cc2)CCCC3)c(Cl)c1. The van der Waals surface area contributed by atoms with Crippen LogP contribution in [0.25, 0.3) is 16.9 Å². The molecule has 1 heterocycles. The third kappa shape index (κ3) is 2.90. The molecule has 0 unspecified atom stereocenters. The maximum atomic E-state index is 6.46. The monoisotopic (exact) mass is 420 g/mol. The van der Waals surface area contributed by atoms with Gasteiger partial charge in [-0.2, -0.15) is 5.10 Å². The summed E-state index contributed by atoms with van der Waals surface area (Å²) in [6.07, 6.45) is 4.48. The zero-order valence-electron chi connectivity index (χ0n) is 12.9. The Hall–Kier alpha value is -1.29. The Labute approximate surface area is 159 Å². The highest BCUT2D eigenvalue weighted by atomic mass is 79.9. The van der Waals surface area contributed by atoms with E-state index in [9.17, 15) is 0 Å². The van der Waals surface area contributed by atoms with E-state index in [0.717, 1.165) is 34.3 Å². The normalized spacial score (nSPS) is 13.8. The van der Waals surface area contributed by atoms with Crippen molar-refractivity contribution in [1.29, 1.82) is 0 Å². The van der Waals surface area contributed by atoms with Gasteiger partial charge in [-0.15, -0.1) is 0 Å². The van der Waals surface area contributed by atoms with Crippen LogP contribution in [0.15, 0.2) is 46.9 Å². The molecular weight excluding hydrogens is 407 g/mol. The fraction of sp³-hybridized carbons (Fsp3) is 0.211. The molecule has 0 N–H and O–H groups in total. The molecule has 0 spiro atoms. The molecule has 2 nitrogen and oxygen atoms in total. The fourth-order valence-corrected chi connectivity index (χ4v) is 4.04. The molecule has 24 heavy (non-hydrogen) atoms. The van der Waals surface area contributed by atoms with Crippen LogP contribution >= 0.6 is 39.1 Å². The summed E-state index contributed by atoms with van der Waals surface area (Å²) in [7, 11) is 0. The first-order chi connectivity index (χ1) is 11.6. The molecule has 0 fully saturated rings. The Morgan fingerprint density at radius 1 is 0.958 bits per heavy atom. The highest BCUT2D eigenvalue weighted by Gasteiger charge is 2.23. The van der Waals surface area contributed by atoms with Crippen molar-refractivity contribution in [3.8, 4) is 16.9 Å².